The monoisotopic (exact) mass is 414 g/mol. The molecule has 0 bridgehead atoms. The normalized spacial score (nSPS) is 22.8. The highest BCUT2D eigenvalue weighted by atomic mass is 32.2. The number of rotatable bonds is 4. The first-order valence-corrected chi connectivity index (χ1v) is 12.0. The van der Waals surface area contributed by atoms with Crippen molar-refractivity contribution in [3.63, 3.8) is 0 Å². The van der Waals surface area contributed by atoms with Crippen molar-refractivity contribution in [1.82, 2.24) is 0 Å². The lowest BCUT2D eigenvalue weighted by Gasteiger charge is -2.27. The molecule has 0 aromatic heterocycles. The van der Waals surface area contributed by atoms with Crippen molar-refractivity contribution >= 4 is 38.2 Å². The number of aliphatic imine (C=N–C) groups is 1. The van der Waals surface area contributed by atoms with E-state index in [0.29, 0.717) is 5.56 Å². The molecule has 0 aliphatic carbocycles. The van der Waals surface area contributed by atoms with Gasteiger partial charge in [0.2, 0.25) is 0 Å². The van der Waals surface area contributed by atoms with Crippen molar-refractivity contribution in [2.24, 2.45) is 4.99 Å². The van der Waals surface area contributed by atoms with Crippen LogP contribution < -0.4 is 4.90 Å². The van der Waals surface area contributed by atoms with Gasteiger partial charge in [-0.3, -0.25) is 9.79 Å². The molecular weight excluding hydrogens is 392 g/mol. The number of carbonyl (C=O) groups is 1. The SMILES string of the molecule is CC(=O)c1cccc(N2C(SCc3ccccc3C)=N[C@H]3CS(=O)(=O)C[C@@H]32)c1. The molecule has 1 saturated heterocycles. The minimum Gasteiger partial charge on any atom is -0.315 e. The predicted molar refractivity (Wildman–Crippen MR) is 115 cm³/mol. The van der Waals surface area contributed by atoms with Gasteiger partial charge >= 0.3 is 0 Å². The maximum Gasteiger partial charge on any atom is 0.164 e. The highest BCUT2D eigenvalue weighted by Crippen LogP contribution is 2.36. The van der Waals surface area contributed by atoms with Gasteiger partial charge in [-0.25, -0.2) is 8.42 Å². The van der Waals surface area contributed by atoms with Gasteiger partial charge in [-0.15, -0.1) is 0 Å². The zero-order valence-corrected chi connectivity index (χ0v) is 17.5. The Kier molecular flexibility index (Phi) is 5.05. The number of Topliss-reactive ketones (excluding diaryl/α,β-unsaturated/α-hetero) is 1. The second kappa shape index (κ2) is 7.37. The molecule has 0 N–H and O–H groups in total. The molecule has 0 saturated carbocycles. The average molecular weight is 415 g/mol. The van der Waals surface area contributed by atoms with Gasteiger partial charge in [0.1, 0.15) is 0 Å². The minimum atomic E-state index is -3.10. The maximum atomic E-state index is 12.2. The first-order chi connectivity index (χ1) is 13.3. The van der Waals surface area contributed by atoms with Crippen molar-refractivity contribution in [3.8, 4) is 0 Å². The molecule has 2 aliphatic heterocycles. The van der Waals surface area contributed by atoms with Crippen LogP contribution in [0.4, 0.5) is 5.69 Å². The predicted octanol–water partition coefficient (Wildman–Crippen LogP) is 3.47. The van der Waals surface area contributed by atoms with Gasteiger partial charge < -0.3 is 4.90 Å². The zero-order valence-electron chi connectivity index (χ0n) is 15.8. The van der Waals surface area contributed by atoms with Gasteiger partial charge in [-0.05, 0) is 37.1 Å². The number of anilines is 1. The van der Waals surface area contributed by atoms with Crippen molar-refractivity contribution in [2.45, 2.75) is 31.7 Å². The first kappa shape index (κ1) is 19.2. The highest BCUT2D eigenvalue weighted by molar-refractivity contribution is 8.13. The molecule has 7 heteroatoms. The summed E-state index contributed by atoms with van der Waals surface area (Å²) in [6.07, 6.45) is 0. The van der Waals surface area contributed by atoms with Crippen LogP contribution in [-0.4, -0.2) is 43.0 Å². The van der Waals surface area contributed by atoms with Crippen LogP contribution in [0.15, 0.2) is 53.5 Å². The largest absolute Gasteiger partial charge is 0.315 e. The fourth-order valence-corrected chi connectivity index (χ4v) is 6.77. The Morgan fingerprint density at radius 2 is 1.96 bits per heavy atom. The van der Waals surface area contributed by atoms with Crippen molar-refractivity contribution < 1.29 is 13.2 Å². The number of hydrogen-bond acceptors (Lipinski definition) is 6. The van der Waals surface area contributed by atoms with Crippen LogP contribution in [-0.2, 0) is 15.6 Å². The lowest BCUT2D eigenvalue weighted by Crippen LogP contribution is -2.39. The number of thioether (sulfide) groups is 1. The molecule has 2 atom stereocenters. The quantitative estimate of drug-likeness (QED) is 0.717. The van der Waals surface area contributed by atoms with E-state index in [0.717, 1.165) is 16.6 Å². The molecule has 0 spiro atoms. The van der Waals surface area contributed by atoms with E-state index in [9.17, 15) is 13.2 Å². The lowest BCUT2D eigenvalue weighted by molar-refractivity contribution is 0.101. The Morgan fingerprint density at radius 3 is 2.71 bits per heavy atom. The molecular formula is C21H22N2O3S2. The first-order valence-electron chi connectivity index (χ1n) is 9.20. The third kappa shape index (κ3) is 3.73. The summed E-state index contributed by atoms with van der Waals surface area (Å²) < 4.78 is 24.3. The number of amidine groups is 1. The standard InChI is InChI=1S/C21H22N2O3S2/c1-14-6-3-4-7-17(14)11-27-21-22-19-12-28(25,26)13-20(19)23(21)18-9-5-8-16(10-18)15(2)24/h3-10,19-20H,11-13H2,1-2H3/t19-,20-/m0/s1. The summed E-state index contributed by atoms with van der Waals surface area (Å²) in [5.41, 5.74) is 3.90. The number of fused-ring (bicyclic) bond motifs is 1. The number of ketones is 1. The topological polar surface area (TPSA) is 66.8 Å². The number of aryl methyl sites for hydroxylation is 1. The summed E-state index contributed by atoms with van der Waals surface area (Å²) in [7, 11) is -3.10. The van der Waals surface area contributed by atoms with Gasteiger partial charge in [0, 0.05) is 17.0 Å². The van der Waals surface area contributed by atoms with Crippen LogP contribution in [0.3, 0.4) is 0 Å². The van der Waals surface area contributed by atoms with Crippen LogP contribution >= 0.6 is 11.8 Å². The third-order valence-corrected chi connectivity index (χ3v) is 7.97. The van der Waals surface area contributed by atoms with Gasteiger partial charge in [0.05, 0.1) is 23.6 Å². The van der Waals surface area contributed by atoms with E-state index in [1.807, 2.05) is 35.2 Å². The minimum absolute atomic E-state index is 0.0114. The Bertz CT molecular complexity index is 1060. The second-order valence-electron chi connectivity index (χ2n) is 7.31. The third-order valence-electron chi connectivity index (χ3n) is 5.26. The van der Waals surface area contributed by atoms with Gasteiger partial charge in [0.25, 0.3) is 0 Å². The van der Waals surface area contributed by atoms with E-state index >= 15 is 0 Å². The summed E-state index contributed by atoms with van der Waals surface area (Å²) in [5, 5.41) is 0.828. The molecule has 2 aromatic rings. The van der Waals surface area contributed by atoms with E-state index < -0.39 is 9.84 Å². The lowest BCUT2D eigenvalue weighted by atomic mass is 10.1. The molecule has 146 valence electrons. The second-order valence-corrected chi connectivity index (χ2v) is 10.4. The van der Waals surface area contributed by atoms with Crippen LogP contribution in [0.25, 0.3) is 0 Å². The van der Waals surface area contributed by atoms with E-state index in [4.69, 9.17) is 4.99 Å². The molecule has 4 rings (SSSR count). The average Bonchev–Trinajstić information content (AvgIpc) is 3.12. The molecule has 0 amide bonds. The molecule has 5 nitrogen and oxygen atoms in total. The number of nitrogens with zero attached hydrogens (tertiary/aromatic N) is 2. The molecule has 1 fully saturated rings. The maximum absolute atomic E-state index is 12.2. The number of hydrogen-bond donors (Lipinski definition) is 0. The smallest absolute Gasteiger partial charge is 0.164 e. The Balaban J connectivity index is 1.66. The van der Waals surface area contributed by atoms with E-state index in [2.05, 4.69) is 19.1 Å². The molecule has 2 aromatic carbocycles. The van der Waals surface area contributed by atoms with Crippen LogP contribution in [0.1, 0.15) is 28.4 Å². The summed E-state index contributed by atoms with van der Waals surface area (Å²) in [6.45, 7) is 3.62. The fourth-order valence-electron chi connectivity index (χ4n) is 3.72. The summed E-state index contributed by atoms with van der Waals surface area (Å²) in [5.74, 6) is 0.942. The van der Waals surface area contributed by atoms with Gasteiger partial charge in [0.15, 0.2) is 20.8 Å². The van der Waals surface area contributed by atoms with Crippen LogP contribution in [0, 0.1) is 6.92 Å². The molecule has 0 unspecified atom stereocenters. The Morgan fingerprint density at radius 1 is 1.18 bits per heavy atom. The number of benzene rings is 2. The zero-order chi connectivity index (χ0) is 19.9. The molecule has 2 heterocycles. The highest BCUT2D eigenvalue weighted by Gasteiger charge is 2.47. The van der Waals surface area contributed by atoms with E-state index in [-0.39, 0.29) is 29.4 Å². The summed E-state index contributed by atoms with van der Waals surface area (Å²) in [6, 6.07) is 15.2. The van der Waals surface area contributed by atoms with Crippen LogP contribution in [0.5, 0.6) is 0 Å². The number of sulfone groups is 1. The van der Waals surface area contributed by atoms with E-state index in [1.165, 1.54) is 18.1 Å². The molecule has 0 radical (unpaired) electrons. The Hall–Kier alpha value is -2.12. The van der Waals surface area contributed by atoms with Crippen molar-refractivity contribution in [3.05, 3.63) is 65.2 Å². The van der Waals surface area contributed by atoms with Gasteiger partial charge in [-0.2, -0.15) is 0 Å². The van der Waals surface area contributed by atoms with E-state index in [1.54, 1.807) is 17.8 Å². The molecule has 28 heavy (non-hydrogen) atoms. The Labute approximate surface area is 169 Å². The van der Waals surface area contributed by atoms with Crippen molar-refractivity contribution in [1.29, 1.82) is 0 Å². The van der Waals surface area contributed by atoms with Gasteiger partial charge in [-0.1, -0.05) is 48.2 Å². The molecule has 2 aliphatic rings. The number of carbonyl (C=O) groups excluding carboxylic acids is 1. The summed E-state index contributed by atoms with van der Waals surface area (Å²) in [4.78, 5) is 18.6. The van der Waals surface area contributed by atoms with Crippen molar-refractivity contribution in [2.75, 3.05) is 16.4 Å². The fraction of sp³-hybridized carbons (Fsp3) is 0.333. The van der Waals surface area contributed by atoms with Crippen LogP contribution in [0.2, 0.25) is 0 Å². The summed E-state index contributed by atoms with van der Waals surface area (Å²) >= 11 is 1.62.